The van der Waals surface area contributed by atoms with Crippen molar-refractivity contribution in [3.8, 4) is 0 Å². The molecule has 0 amide bonds. The summed E-state index contributed by atoms with van der Waals surface area (Å²) < 4.78 is 5.35. The van der Waals surface area contributed by atoms with E-state index in [1.165, 1.54) is 25.8 Å². The standard InChI is InChI=1S/C10H20N2O/c1-13-9-4-5-12(7-9)10(6-11)8-2-3-8/h8-10H,2-7,11H2,1H3. The molecule has 0 aromatic carbocycles. The number of likely N-dealkylation sites (tertiary alicyclic amines) is 1. The maximum atomic E-state index is 5.80. The molecular formula is C10H20N2O. The highest BCUT2D eigenvalue weighted by Gasteiger charge is 2.37. The summed E-state index contributed by atoms with van der Waals surface area (Å²) in [7, 11) is 1.81. The van der Waals surface area contributed by atoms with Gasteiger partial charge in [0.15, 0.2) is 0 Å². The zero-order chi connectivity index (χ0) is 9.26. The summed E-state index contributed by atoms with van der Waals surface area (Å²) in [5.41, 5.74) is 5.80. The van der Waals surface area contributed by atoms with Gasteiger partial charge in [0.2, 0.25) is 0 Å². The molecule has 2 atom stereocenters. The molecule has 2 aliphatic rings. The van der Waals surface area contributed by atoms with Gasteiger partial charge in [0.25, 0.3) is 0 Å². The average molecular weight is 184 g/mol. The summed E-state index contributed by atoms with van der Waals surface area (Å²) in [4.78, 5) is 2.52. The summed E-state index contributed by atoms with van der Waals surface area (Å²) in [6.45, 7) is 3.09. The molecule has 2 fully saturated rings. The van der Waals surface area contributed by atoms with E-state index in [1.807, 2.05) is 7.11 Å². The van der Waals surface area contributed by atoms with Gasteiger partial charge in [-0.25, -0.2) is 0 Å². The van der Waals surface area contributed by atoms with Crippen LogP contribution in [0.15, 0.2) is 0 Å². The summed E-state index contributed by atoms with van der Waals surface area (Å²) in [6.07, 6.45) is 4.40. The molecule has 0 bridgehead atoms. The average Bonchev–Trinajstić information content (AvgIpc) is 2.85. The molecule has 13 heavy (non-hydrogen) atoms. The second kappa shape index (κ2) is 3.95. The molecule has 1 aliphatic heterocycles. The van der Waals surface area contributed by atoms with Crippen molar-refractivity contribution in [1.82, 2.24) is 4.90 Å². The molecule has 0 radical (unpaired) electrons. The lowest BCUT2D eigenvalue weighted by atomic mass is 10.1. The minimum absolute atomic E-state index is 0.452. The molecule has 76 valence electrons. The van der Waals surface area contributed by atoms with Gasteiger partial charge in [-0.15, -0.1) is 0 Å². The van der Waals surface area contributed by atoms with Crippen molar-refractivity contribution in [3.63, 3.8) is 0 Å². The molecule has 3 heteroatoms. The van der Waals surface area contributed by atoms with Gasteiger partial charge in [-0.1, -0.05) is 0 Å². The fourth-order valence-electron chi connectivity index (χ4n) is 2.37. The molecule has 3 nitrogen and oxygen atoms in total. The minimum Gasteiger partial charge on any atom is -0.380 e. The SMILES string of the molecule is COC1CCN(C(CN)C2CC2)C1. The Morgan fingerprint density at radius 2 is 2.23 bits per heavy atom. The van der Waals surface area contributed by atoms with Crippen molar-refractivity contribution >= 4 is 0 Å². The topological polar surface area (TPSA) is 38.5 Å². The molecule has 0 aromatic heterocycles. The summed E-state index contributed by atoms with van der Waals surface area (Å²) >= 11 is 0. The van der Waals surface area contributed by atoms with Crippen molar-refractivity contribution in [1.29, 1.82) is 0 Å². The minimum atomic E-state index is 0.452. The van der Waals surface area contributed by atoms with Crippen LogP contribution in [0.4, 0.5) is 0 Å². The van der Waals surface area contributed by atoms with Gasteiger partial charge >= 0.3 is 0 Å². The first-order chi connectivity index (χ1) is 6.35. The van der Waals surface area contributed by atoms with Crippen molar-refractivity contribution in [2.75, 3.05) is 26.7 Å². The Morgan fingerprint density at radius 1 is 1.46 bits per heavy atom. The van der Waals surface area contributed by atoms with Crippen LogP contribution in [0.25, 0.3) is 0 Å². The largest absolute Gasteiger partial charge is 0.380 e. The maximum Gasteiger partial charge on any atom is 0.0710 e. The number of rotatable bonds is 4. The smallest absolute Gasteiger partial charge is 0.0710 e. The van der Waals surface area contributed by atoms with E-state index in [1.54, 1.807) is 0 Å². The maximum absolute atomic E-state index is 5.80. The highest BCUT2D eigenvalue weighted by molar-refractivity contribution is 4.92. The van der Waals surface area contributed by atoms with Crippen molar-refractivity contribution < 1.29 is 4.74 Å². The van der Waals surface area contributed by atoms with Crippen molar-refractivity contribution in [3.05, 3.63) is 0 Å². The number of hydrogen-bond acceptors (Lipinski definition) is 3. The molecule has 2 unspecified atom stereocenters. The number of nitrogens with two attached hydrogens (primary N) is 1. The Kier molecular flexibility index (Phi) is 2.86. The Morgan fingerprint density at radius 3 is 2.69 bits per heavy atom. The summed E-state index contributed by atoms with van der Waals surface area (Å²) in [6, 6.07) is 0.639. The first kappa shape index (κ1) is 9.44. The van der Waals surface area contributed by atoms with E-state index < -0.39 is 0 Å². The fraction of sp³-hybridized carbons (Fsp3) is 1.00. The summed E-state index contributed by atoms with van der Waals surface area (Å²) in [5.74, 6) is 0.889. The Labute approximate surface area is 80.2 Å². The lowest BCUT2D eigenvalue weighted by molar-refractivity contribution is 0.0990. The molecule has 0 spiro atoms. The van der Waals surface area contributed by atoms with Crippen molar-refractivity contribution in [2.24, 2.45) is 11.7 Å². The molecule has 1 aliphatic carbocycles. The summed E-state index contributed by atoms with van der Waals surface area (Å²) in [5, 5.41) is 0. The lowest BCUT2D eigenvalue weighted by Crippen LogP contribution is -2.41. The highest BCUT2D eigenvalue weighted by atomic mass is 16.5. The van der Waals surface area contributed by atoms with Gasteiger partial charge in [-0.2, -0.15) is 0 Å². The second-order valence-corrected chi connectivity index (χ2v) is 4.28. The van der Waals surface area contributed by atoms with Crippen LogP contribution in [0.1, 0.15) is 19.3 Å². The van der Waals surface area contributed by atoms with E-state index in [4.69, 9.17) is 10.5 Å². The van der Waals surface area contributed by atoms with Crippen LogP contribution in [-0.2, 0) is 4.74 Å². The monoisotopic (exact) mass is 184 g/mol. The highest BCUT2D eigenvalue weighted by Crippen LogP contribution is 2.36. The van der Waals surface area contributed by atoms with Gasteiger partial charge in [0.1, 0.15) is 0 Å². The van der Waals surface area contributed by atoms with Gasteiger partial charge in [-0.05, 0) is 25.2 Å². The second-order valence-electron chi connectivity index (χ2n) is 4.28. The van der Waals surface area contributed by atoms with Crippen LogP contribution >= 0.6 is 0 Å². The molecule has 1 saturated heterocycles. The predicted octanol–water partition coefficient (Wildman–Crippen LogP) is 0.444. The predicted molar refractivity (Wildman–Crippen MR) is 52.6 cm³/mol. The first-order valence-corrected chi connectivity index (χ1v) is 5.32. The number of hydrogen-bond donors (Lipinski definition) is 1. The molecule has 2 rings (SSSR count). The Balaban J connectivity index is 1.85. The van der Waals surface area contributed by atoms with Crippen LogP contribution in [0.2, 0.25) is 0 Å². The van der Waals surface area contributed by atoms with E-state index in [9.17, 15) is 0 Å². The van der Waals surface area contributed by atoms with E-state index >= 15 is 0 Å². The molecule has 1 heterocycles. The zero-order valence-electron chi connectivity index (χ0n) is 8.41. The van der Waals surface area contributed by atoms with Gasteiger partial charge in [-0.3, -0.25) is 4.90 Å². The Bertz CT molecular complexity index is 170. The first-order valence-electron chi connectivity index (χ1n) is 5.32. The van der Waals surface area contributed by atoms with E-state index in [2.05, 4.69) is 4.90 Å². The number of ether oxygens (including phenoxy) is 1. The fourth-order valence-corrected chi connectivity index (χ4v) is 2.37. The molecule has 2 N–H and O–H groups in total. The lowest BCUT2D eigenvalue weighted by Gasteiger charge is -2.26. The number of methoxy groups -OCH3 is 1. The van der Waals surface area contributed by atoms with Gasteiger partial charge in [0.05, 0.1) is 6.10 Å². The van der Waals surface area contributed by atoms with Crippen LogP contribution in [0, 0.1) is 5.92 Å². The van der Waals surface area contributed by atoms with E-state index in [0.717, 1.165) is 19.0 Å². The van der Waals surface area contributed by atoms with Gasteiger partial charge < -0.3 is 10.5 Å². The van der Waals surface area contributed by atoms with E-state index in [0.29, 0.717) is 12.1 Å². The van der Waals surface area contributed by atoms with E-state index in [-0.39, 0.29) is 0 Å². The molecule has 1 saturated carbocycles. The quantitative estimate of drug-likeness (QED) is 0.689. The van der Waals surface area contributed by atoms with Crippen LogP contribution in [-0.4, -0.2) is 43.8 Å². The van der Waals surface area contributed by atoms with Crippen molar-refractivity contribution in [2.45, 2.75) is 31.4 Å². The molecule has 0 aromatic rings. The third-order valence-electron chi connectivity index (χ3n) is 3.39. The third-order valence-corrected chi connectivity index (χ3v) is 3.39. The Hall–Kier alpha value is -0.120. The number of nitrogens with zero attached hydrogens (tertiary/aromatic N) is 1. The third kappa shape index (κ3) is 2.03. The zero-order valence-corrected chi connectivity index (χ0v) is 8.41. The van der Waals surface area contributed by atoms with Crippen LogP contribution in [0.3, 0.4) is 0 Å². The van der Waals surface area contributed by atoms with Crippen LogP contribution in [0.5, 0.6) is 0 Å². The van der Waals surface area contributed by atoms with Crippen LogP contribution < -0.4 is 5.73 Å². The molecular weight excluding hydrogens is 164 g/mol. The normalized spacial score (nSPS) is 32.3. The van der Waals surface area contributed by atoms with Gasteiger partial charge in [0, 0.05) is 32.8 Å².